The second kappa shape index (κ2) is 6.21. The highest BCUT2D eigenvalue weighted by molar-refractivity contribution is 5.74. The molecule has 1 heterocycles. The summed E-state index contributed by atoms with van der Waals surface area (Å²) in [6.45, 7) is 7.94. The molecular weight excluding hydrogens is 218 g/mol. The maximum atomic E-state index is 11.5. The average molecular weight is 243 g/mol. The van der Waals surface area contributed by atoms with Crippen molar-refractivity contribution in [3.8, 4) is 0 Å². The van der Waals surface area contributed by atoms with Crippen LogP contribution >= 0.6 is 0 Å². The normalized spacial score (nSPS) is 19.8. The molecule has 0 aromatic heterocycles. The third kappa shape index (κ3) is 5.89. The van der Waals surface area contributed by atoms with Crippen LogP contribution < -0.4 is 16.4 Å². The minimum absolute atomic E-state index is 0.0182. The van der Waals surface area contributed by atoms with E-state index in [0.717, 1.165) is 26.1 Å². The van der Waals surface area contributed by atoms with Gasteiger partial charge in [0.2, 0.25) is 0 Å². The molecule has 17 heavy (non-hydrogen) atoms. The Morgan fingerprint density at radius 1 is 1.41 bits per heavy atom. The summed E-state index contributed by atoms with van der Waals surface area (Å²) in [5.41, 5.74) is 5.85. The molecule has 1 unspecified atom stereocenters. The molecule has 1 fully saturated rings. The predicted octanol–water partition coefficient (Wildman–Crippen LogP) is 0.838. The van der Waals surface area contributed by atoms with Gasteiger partial charge in [0.05, 0.1) is 0 Å². The Kier molecular flexibility index (Phi) is 5.21. The van der Waals surface area contributed by atoms with Gasteiger partial charge in [0.25, 0.3) is 0 Å². The van der Waals surface area contributed by atoms with Crippen molar-refractivity contribution in [1.29, 1.82) is 0 Å². The lowest BCUT2D eigenvalue weighted by Gasteiger charge is -2.28. The first-order valence-corrected chi connectivity index (χ1v) is 6.28. The summed E-state index contributed by atoms with van der Waals surface area (Å²) >= 11 is 0. The summed E-state index contributed by atoms with van der Waals surface area (Å²) in [7, 11) is 0. The van der Waals surface area contributed by atoms with Gasteiger partial charge in [-0.1, -0.05) is 0 Å². The molecule has 2 amide bonds. The number of hydrogen-bond acceptors (Lipinski definition) is 3. The van der Waals surface area contributed by atoms with Gasteiger partial charge in [0, 0.05) is 31.3 Å². The second-order valence-electron chi connectivity index (χ2n) is 5.70. The summed E-state index contributed by atoms with van der Waals surface area (Å²) in [5, 5.41) is 5.67. The van der Waals surface area contributed by atoms with E-state index in [1.165, 1.54) is 0 Å². The van der Waals surface area contributed by atoms with Gasteiger partial charge < -0.3 is 21.1 Å². The predicted molar refractivity (Wildman–Crippen MR) is 67.8 cm³/mol. The van der Waals surface area contributed by atoms with Crippen molar-refractivity contribution < 1.29 is 9.53 Å². The van der Waals surface area contributed by atoms with E-state index in [4.69, 9.17) is 10.5 Å². The molecule has 0 spiro atoms. The zero-order valence-electron chi connectivity index (χ0n) is 11.1. The number of carbonyl (C=O) groups is 1. The number of nitrogens with two attached hydrogens (primary N) is 1. The SMILES string of the molecule is CC(C)(C)NC(=O)NCC(N)C1CCOCC1. The van der Waals surface area contributed by atoms with Crippen molar-refractivity contribution in [2.45, 2.75) is 45.2 Å². The van der Waals surface area contributed by atoms with Crippen LogP contribution in [0.1, 0.15) is 33.6 Å². The lowest BCUT2D eigenvalue weighted by atomic mass is 9.92. The fourth-order valence-electron chi connectivity index (χ4n) is 1.91. The molecule has 4 N–H and O–H groups in total. The molecule has 1 atom stereocenters. The lowest BCUT2D eigenvalue weighted by molar-refractivity contribution is 0.0587. The lowest BCUT2D eigenvalue weighted by Crippen LogP contribution is -2.50. The minimum Gasteiger partial charge on any atom is -0.381 e. The van der Waals surface area contributed by atoms with Gasteiger partial charge >= 0.3 is 6.03 Å². The van der Waals surface area contributed by atoms with Crippen molar-refractivity contribution in [3.05, 3.63) is 0 Å². The van der Waals surface area contributed by atoms with Crippen molar-refractivity contribution in [2.24, 2.45) is 11.7 Å². The molecular formula is C12H25N3O2. The number of rotatable bonds is 3. The molecule has 0 aliphatic carbocycles. The molecule has 5 heteroatoms. The average Bonchev–Trinajstić information content (AvgIpc) is 2.25. The Hall–Kier alpha value is -0.810. The maximum Gasteiger partial charge on any atom is 0.315 e. The first-order chi connectivity index (χ1) is 7.88. The van der Waals surface area contributed by atoms with Crippen LogP contribution in [0.3, 0.4) is 0 Å². The van der Waals surface area contributed by atoms with Crippen molar-refractivity contribution in [3.63, 3.8) is 0 Å². The highest BCUT2D eigenvalue weighted by Gasteiger charge is 2.21. The fourth-order valence-corrected chi connectivity index (χ4v) is 1.91. The third-order valence-electron chi connectivity index (χ3n) is 2.86. The third-order valence-corrected chi connectivity index (χ3v) is 2.86. The number of amides is 2. The van der Waals surface area contributed by atoms with Gasteiger partial charge in [0.1, 0.15) is 0 Å². The van der Waals surface area contributed by atoms with E-state index in [1.807, 2.05) is 20.8 Å². The van der Waals surface area contributed by atoms with E-state index in [1.54, 1.807) is 0 Å². The van der Waals surface area contributed by atoms with Crippen LogP contribution in [0.25, 0.3) is 0 Å². The van der Waals surface area contributed by atoms with Gasteiger partial charge in [-0.15, -0.1) is 0 Å². The van der Waals surface area contributed by atoms with Crippen molar-refractivity contribution in [1.82, 2.24) is 10.6 Å². The number of nitrogens with one attached hydrogen (secondary N) is 2. The molecule has 0 aromatic rings. The van der Waals surface area contributed by atoms with E-state index in [0.29, 0.717) is 12.5 Å². The van der Waals surface area contributed by atoms with E-state index in [9.17, 15) is 4.79 Å². The Balaban J connectivity index is 2.22. The molecule has 100 valence electrons. The van der Waals surface area contributed by atoms with Crippen LogP contribution in [0.2, 0.25) is 0 Å². The molecule has 1 aliphatic rings. The maximum absolute atomic E-state index is 11.5. The molecule has 1 saturated heterocycles. The number of ether oxygens (including phenoxy) is 1. The van der Waals surface area contributed by atoms with Gasteiger partial charge in [-0.2, -0.15) is 0 Å². The topological polar surface area (TPSA) is 76.4 Å². The number of urea groups is 1. The first kappa shape index (κ1) is 14.3. The summed E-state index contributed by atoms with van der Waals surface area (Å²) in [4.78, 5) is 11.5. The van der Waals surface area contributed by atoms with Crippen LogP contribution in [-0.4, -0.2) is 37.4 Å². The monoisotopic (exact) mass is 243 g/mol. The number of hydrogen-bond donors (Lipinski definition) is 3. The minimum atomic E-state index is -0.215. The summed E-state index contributed by atoms with van der Waals surface area (Å²) in [5.74, 6) is 0.457. The van der Waals surface area contributed by atoms with E-state index >= 15 is 0 Å². The highest BCUT2D eigenvalue weighted by atomic mass is 16.5. The molecule has 5 nitrogen and oxygen atoms in total. The van der Waals surface area contributed by atoms with Gasteiger partial charge in [-0.3, -0.25) is 0 Å². The summed E-state index contributed by atoms with van der Waals surface area (Å²) in [6, 6.07) is -0.135. The van der Waals surface area contributed by atoms with Crippen molar-refractivity contribution in [2.75, 3.05) is 19.8 Å². The van der Waals surface area contributed by atoms with Crippen molar-refractivity contribution >= 4 is 6.03 Å². The molecule has 0 bridgehead atoms. The highest BCUT2D eigenvalue weighted by Crippen LogP contribution is 2.16. The fraction of sp³-hybridized carbons (Fsp3) is 0.917. The van der Waals surface area contributed by atoms with Crippen LogP contribution in [-0.2, 0) is 4.74 Å². The van der Waals surface area contributed by atoms with Gasteiger partial charge in [-0.25, -0.2) is 4.79 Å². The van der Waals surface area contributed by atoms with Crippen LogP contribution in [0.5, 0.6) is 0 Å². The van der Waals surface area contributed by atoms with Crippen LogP contribution in [0, 0.1) is 5.92 Å². The van der Waals surface area contributed by atoms with Crippen LogP contribution in [0.4, 0.5) is 4.79 Å². The first-order valence-electron chi connectivity index (χ1n) is 6.28. The molecule has 0 aromatic carbocycles. The smallest absolute Gasteiger partial charge is 0.315 e. The zero-order valence-corrected chi connectivity index (χ0v) is 11.1. The van der Waals surface area contributed by atoms with Crippen LogP contribution in [0.15, 0.2) is 0 Å². The zero-order chi connectivity index (χ0) is 12.9. The van der Waals surface area contributed by atoms with Gasteiger partial charge in [-0.05, 0) is 39.5 Å². The Labute approximate surface area is 103 Å². The summed E-state index contributed by atoms with van der Waals surface area (Å²) < 4.78 is 5.29. The Bertz CT molecular complexity index is 245. The molecule has 0 saturated carbocycles. The van der Waals surface area contributed by atoms with E-state index in [-0.39, 0.29) is 17.6 Å². The molecule has 1 aliphatic heterocycles. The standard InChI is InChI=1S/C12H25N3O2/c1-12(2,3)15-11(16)14-8-10(13)9-4-6-17-7-5-9/h9-10H,4-8,13H2,1-3H3,(H2,14,15,16). The Morgan fingerprint density at radius 3 is 2.53 bits per heavy atom. The second-order valence-corrected chi connectivity index (χ2v) is 5.70. The summed E-state index contributed by atoms with van der Waals surface area (Å²) in [6.07, 6.45) is 1.98. The molecule has 0 radical (unpaired) electrons. The van der Waals surface area contributed by atoms with E-state index in [2.05, 4.69) is 10.6 Å². The Morgan fingerprint density at radius 2 is 2.00 bits per heavy atom. The quantitative estimate of drug-likeness (QED) is 0.687. The number of carbonyl (C=O) groups excluding carboxylic acids is 1. The van der Waals surface area contributed by atoms with Gasteiger partial charge in [0.15, 0.2) is 0 Å². The largest absolute Gasteiger partial charge is 0.381 e. The molecule has 1 rings (SSSR count). The van der Waals surface area contributed by atoms with E-state index < -0.39 is 0 Å².